The molecular weight excluding hydrogens is 393 g/mol. The summed E-state index contributed by atoms with van der Waals surface area (Å²) in [5.41, 5.74) is 0. The highest BCUT2D eigenvalue weighted by atomic mass is 127. The van der Waals surface area contributed by atoms with Gasteiger partial charge in [0.2, 0.25) is 0 Å². The molecule has 6 nitrogen and oxygen atoms in total. The van der Waals surface area contributed by atoms with Gasteiger partial charge in [0.05, 0.1) is 6.61 Å². The molecule has 0 saturated carbocycles. The second kappa shape index (κ2) is 11.7. The molecule has 0 aliphatic heterocycles. The normalized spacial score (nSPS) is 12.9. The van der Waals surface area contributed by atoms with E-state index >= 15 is 0 Å². The fourth-order valence-corrected chi connectivity index (χ4v) is 2.05. The Morgan fingerprint density at radius 2 is 2.14 bits per heavy atom. The van der Waals surface area contributed by atoms with Gasteiger partial charge in [-0.15, -0.1) is 24.0 Å². The van der Waals surface area contributed by atoms with Gasteiger partial charge in [0, 0.05) is 38.6 Å². The largest absolute Gasteiger partial charge is 0.383 e. The van der Waals surface area contributed by atoms with Crippen molar-refractivity contribution in [1.82, 2.24) is 20.2 Å². The highest BCUT2D eigenvalue weighted by Crippen LogP contribution is 2.04. The van der Waals surface area contributed by atoms with Gasteiger partial charge in [0.1, 0.15) is 12.4 Å². The number of methoxy groups -OCH3 is 1. The van der Waals surface area contributed by atoms with Crippen molar-refractivity contribution in [2.45, 2.75) is 46.8 Å². The lowest BCUT2D eigenvalue weighted by Gasteiger charge is -2.17. The first kappa shape index (κ1) is 21.2. The second-order valence-corrected chi connectivity index (χ2v) is 5.59. The van der Waals surface area contributed by atoms with Crippen molar-refractivity contribution in [3.05, 3.63) is 18.2 Å². The Hall–Kier alpha value is -0.830. The fourth-order valence-electron chi connectivity index (χ4n) is 2.05. The van der Waals surface area contributed by atoms with E-state index in [1.807, 2.05) is 12.4 Å². The van der Waals surface area contributed by atoms with E-state index in [1.54, 1.807) is 7.11 Å². The van der Waals surface area contributed by atoms with Gasteiger partial charge in [-0.3, -0.25) is 0 Å². The molecule has 0 spiro atoms. The molecule has 0 aromatic carbocycles. The van der Waals surface area contributed by atoms with E-state index in [9.17, 15) is 0 Å². The van der Waals surface area contributed by atoms with Gasteiger partial charge in [-0.05, 0) is 19.8 Å². The first-order chi connectivity index (χ1) is 10.1. The van der Waals surface area contributed by atoms with Gasteiger partial charge in [-0.1, -0.05) is 13.8 Å². The van der Waals surface area contributed by atoms with Crippen LogP contribution in [0.5, 0.6) is 0 Å². The number of guanidine groups is 1. The van der Waals surface area contributed by atoms with Gasteiger partial charge in [-0.25, -0.2) is 9.98 Å². The number of nitrogens with one attached hydrogen (secondary N) is 2. The number of halogens is 1. The lowest BCUT2D eigenvalue weighted by molar-refractivity contribution is 0.179. The number of rotatable bonds is 8. The maximum Gasteiger partial charge on any atom is 0.191 e. The molecule has 1 aromatic heterocycles. The van der Waals surface area contributed by atoms with Crippen LogP contribution in [0.3, 0.4) is 0 Å². The summed E-state index contributed by atoms with van der Waals surface area (Å²) in [7, 11) is 1.70. The zero-order valence-corrected chi connectivity index (χ0v) is 16.6. The van der Waals surface area contributed by atoms with Gasteiger partial charge in [0.25, 0.3) is 0 Å². The molecule has 1 unspecified atom stereocenters. The van der Waals surface area contributed by atoms with Gasteiger partial charge < -0.3 is 19.9 Å². The summed E-state index contributed by atoms with van der Waals surface area (Å²) in [5.74, 6) is 2.37. The van der Waals surface area contributed by atoms with E-state index in [-0.39, 0.29) is 30.0 Å². The second-order valence-electron chi connectivity index (χ2n) is 5.59. The smallest absolute Gasteiger partial charge is 0.191 e. The standard InChI is InChI=1S/C15H29N5O.HI/c1-6-16-15(19-13(4)11-21-5)18-9-14-17-7-8-20(14)10-12(2)3;/h7-8,12-13H,6,9-11H2,1-5H3,(H2,16,18,19);1H. The van der Waals surface area contributed by atoms with E-state index in [0.29, 0.717) is 19.1 Å². The van der Waals surface area contributed by atoms with Crippen LogP contribution < -0.4 is 10.6 Å². The Balaban J connectivity index is 0.00000441. The highest BCUT2D eigenvalue weighted by molar-refractivity contribution is 14.0. The molecule has 1 rings (SSSR count). The van der Waals surface area contributed by atoms with Crippen LogP contribution in [0, 0.1) is 5.92 Å². The molecule has 0 aliphatic rings. The summed E-state index contributed by atoms with van der Waals surface area (Å²) >= 11 is 0. The van der Waals surface area contributed by atoms with Crippen LogP contribution in [0.2, 0.25) is 0 Å². The lowest BCUT2D eigenvalue weighted by atomic mass is 10.2. The molecule has 0 amide bonds. The molecule has 22 heavy (non-hydrogen) atoms. The van der Waals surface area contributed by atoms with Crippen molar-refractivity contribution in [2.75, 3.05) is 20.3 Å². The summed E-state index contributed by atoms with van der Waals surface area (Å²) in [5, 5.41) is 6.56. The zero-order chi connectivity index (χ0) is 15.7. The Morgan fingerprint density at radius 3 is 2.73 bits per heavy atom. The van der Waals surface area contributed by atoms with E-state index in [0.717, 1.165) is 24.9 Å². The number of aromatic nitrogens is 2. The van der Waals surface area contributed by atoms with Crippen molar-refractivity contribution in [3.8, 4) is 0 Å². The van der Waals surface area contributed by atoms with Gasteiger partial charge in [-0.2, -0.15) is 0 Å². The summed E-state index contributed by atoms with van der Waals surface area (Å²) in [6, 6.07) is 0.211. The van der Waals surface area contributed by atoms with Crippen LogP contribution in [-0.4, -0.2) is 41.8 Å². The number of hydrogen-bond acceptors (Lipinski definition) is 3. The van der Waals surface area contributed by atoms with Gasteiger partial charge in [0.15, 0.2) is 5.96 Å². The third kappa shape index (κ3) is 7.98. The molecule has 0 fully saturated rings. The molecule has 128 valence electrons. The number of ether oxygens (including phenoxy) is 1. The van der Waals surface area contributed by atoms with Crippen LogP contribution in [-0.2, 0) is 17.8 Å². The van der Waals surface area contributed by atoms with Crippen LogP contribution in [0.1, 0.15) is 33.5 Å². The van der Waals surface area contributed by atoms with Gasteiger partial charge >= 0.3 is 0 Å². The Kier molecular flexibility index (Phi) is 11.3. The summed E-state index contributed by atoms with van der Waals surface area (Å²) in [6.07, 6.45) is 3.85. The molecule has 0 bridgehead atoms. The van der Waals surface area contributed by atoms with Crippen molar-refractivity contribution in [1.29, 1.82) is 0 Å². The molecule has 0 radical (unpaired) electrons. The highest BCUT2D eigenvalue weighted by Gasteiger charge is 2.07. The molecule has 0 saturated heterocycles. The van der Waals surface area contributed by atoms with Crippen molar-refractivity contribution in [2.24, 2.45) is 10.9 Å². The van der Waals surface area contributed by atoms with E-state index in [2.05, 4.69) is 52.9 Å². The number of imidazole rings is 1. The van der Waals surface area contributed by atoms with Crippen molar-refractivity contribution >= 4 is 29.9 Å². The maximum atomic E-state index is 5.13. The summed E-state index contributed by atoms with van der Waals surface area (Å²) in [4.78, 5) is 8.99. The SMILES string of the molecule is CCNC(=NCc1nccn1CC(C)C)NC(C)COC.I. The monoisotopic (exact) mass is 423 g/mol. The Labute approximate surface area is 151 Å². The minimum absolute atomic E-state index is 0. The van der Waals surface area contributed by atoms with Crippen LogP contribution in [0.25, 0.3) is 0 Å². The summed E-state index contributed by atoms with van der Waals surface area (Å²) < 4.78 is 7.30. The minimum Gasteiger partial charge on any atom is -0.383 e. The Bertz CT molecular complexity index is 433. The van der Waals surface area contributed by atoms with E-state index < -0.39 is 0 Å². The summed E-state index contributed by atoms with van der Waals surface area (Å²) in [6.45, 7) is 11.5. The minimum atomic E-state index is 0. The van der Waals surface area contributed by atoms with E-state index in [1.165, 1.54) is 0 Å². The third-order valence-corrected chi connectivity index (χ3v) is 2.89. The molecule has 0 aliphatic carbocycles. The van der Waals surface area contributed by atoms with Crippen molar-refractivity contribution < 1.29 is 4.74 Å². The lowest BCUT2D eigenvalue weighted by Crippen LogP contribution is -2.44. The first-order valence-corrected chi connectivity index (χ1v) is 7.60. The zero-order valence-electron chi connectivity index (χ0n) is 14.3. The number of hydrogen-bond donors (Lipinski definition) is 2. The molecule has 1 aromatic rings. The first-order valence-electron chi connectivity index (χ1n) is 7.60. The van der Waals surface area contributed by atoms with Crippen LogP contribution in [0.15, 0.2) is 17.4 Å². The number of aliphatic imine (C=N–C) groups is 1. The molecule has 1 atom stereocenters. The van der Waals surface area contributed by atoms with Crippen LogP contribution in [0.4, 0.5) is 0 Å². The number of nitrogens with zero attached hydrogens (tertiary/aromatic N) is 3. The Morgan fingerprint density at radius 1 is 1.41 bits per heavy atom. The topological polar surface area (TPSA) is 63.5 Å². The predicted octanol–water partition coefficient (Wildman–Crippen LogP) is 2.25. The fraction of sp³-hybridized carbons (Fsp3) is 0.733. The molecule has 7 heteroatoms. The maximum absolute atomic E-state index is 5.13. The average molecular weight is 423 g/mol. The van der Waals surface area contributed by atoms with E-state index in [4.69, 9.17) is 4.74 Å². The average Bonchev–Trinajstić information content (AvgIpc) is 2.83. The van der Waals surface area contributed by atoms with Crippen LogP contribution >= 0.6 is 24.0 Å². The molecular formula is C15H30IN5O. The van der Waals surface area contributed by atoms with Crippen molar-refractivity contribution in [3.63, 3.8) is 0 Å². The third-order valence-electron chi connectivity index (χ3n) is 2.89. The molecule has 1 heterocycles. The molecule has 2 N–H and O–H groups in total. The predicted molar refractivity (Wildman–Crippen MR) is 102 cm³/mol. The quantitative estimate of drug-likeness (QED) is 0.383.